The number of aliphatic imine (C=N–C) groups is 1. The van der Waals surface area contributed by atoms with Gasteiger partial charge in [-0.2, -0.15) is 0 Å². The predicted octanol–water partition coefficient (Wildman–Crippen LogP) is 3.16. The lowest BCUT2D eigenvalue weighted by Gasteiger charge is -2.36. The van der Waals surface area contributed by atoms with Crippen molar-refractivity contribution in [3.8, 4) is 0 Å². The Morgan fingerprint density at radius 3 is 2.25 bits per heavy atom. The van der Waals surface area contributed by atoms with Gasteiger partial charge in [-0.15, -0.1) is 24.0 Å². The third kappa shape index (κ3) is 6.66. The van der Waals surface area contributed by atoms with Gasteiger partial charge in [-0.25, -0.2) is 19.9 Å². The molecule has 2 aliphatic rings. The van der Waals surface area contributed by atoms with Crippen molar-refractivity contribution in [3.05, 3.63) is 42.4 Å². The summed E-state index contributed by atoms with van der Waals surface area (Å²) in [6, 6.07) is 6.18. The minimum atomic E-state index is 0. The van der Waals surface area contributed by atoms with E-state index in [2.05, 4.69) is 49.0 Å². The zero-order valence-electron chi connectivity index (χ0n) is 19.0. The van der Waals surface area contributed by atoms with Crippen molar-refractivity contribution in [1.82, 2.24) is 25.2 Å². The number of anilines is 2. The van der Waals surface area contributed by atoms with E-state index >= 15 is 0 Å². The molecule has 0 spiro atoms. The van der Waals surface area contributed by atoms with Crippen LogP contribution in [-0.2, 0) is 6.54 Å². The van der Waals surface area contributed by atoms with Gasteiger partial charge in [0, 0.05) is 64.4 Å². The largest absolute Gasteiger partial charge is 0.357 e. The molecular weight excluding hydrogens is 515 g/mol. The number of halogens is 1. The molecule has 0 aromatic carbocycles. The molecule has 0 saturated carbocycles. The van der Waals surface area contributed by atoms with E-state index in [1.54, 1.807) is 12.4 Å². The first-order valence-electron chi connectivity index (χ1n) is 11.6. The lowest BCUT2D eigenvalue weighted by molar-refractivity contribution is 0.370. The van der Waals surface area contributed by atoms with Crippen LogP contribution in [0.25, 0.3) is 0 Å². The summed E-state index contributed by atoms with van der Waals surface area (Å²) in [7, 11) is 0. The molecule has 9 heteroatoms. The van der Waals surface area contributed by atoms with Crippen LogP contribution in [0, 0.1) is 0 Å². The maximum Gasteiger partial charge on any atom is 0.225 e. The van der Waals surface area contributed by atoms with Gasteiger partial charge in [-0.1, -0.05) is 18.9 Å². The average molecular weight is 550 g/mol. The Balaban J connectivity index is 0.00000289. The summed E-state index contributed by atoms with van der Waals surface area (Å²) in [6.07, 6.45) is 10.8. The zero-order chi connectivity index (χ0) is 21.3. The lowest BCUT2D eigenvalue weighted by atomic mass is 10.2. The molecule has 0 bridgehead atoms. The summed E-state index contributed by atoms with van der Waals surface area (Å²) in [5.41, 5.74) is 1.14. The molecule has 0 unspecified atom stereocenters. The number of rotatable bonds is 5. The highest BCUT2D eigenvalue weighted by atomic mass is 127. The Hall–Kier alpha value is -2.17. The molecule has 1 N–H and O–H groups in total. The minimum Gasteiger partial charge on any atom is -0.357 e. The quantitative estimate of drug-likeness (QED) is 0.349. The molecule has 4 heterocycles. The highest BCUT2D eigenvalue weighted by molar-refractivity contribution is 14.0. The van der Waals surface area contributed by atoms with Crippen molar-refractivity contribution in [2.45, 2.75) is 39.2 Å². The fourth-order valence-corrected chi connectivity index (χ4v) is 4.16. The van der Waals surface area contributed by atoms with Crippen LogP contribution < -0.4 is 15.1 Å². The summed E-state index contributed by atoms with van der Waals surface area (Å²) in [5, 5.41) is 3.44. The van der Waals surface area contributed by atoms with Crippen LogP contribution in [0.4, 0.5) is 11.8 Å². The van der Waals surface area contributed by atoms with E-state index in [9.17, 15) is 0 Å². The highest BCUT2D eigenvalue weighted by Gasteiger charge is 2.21. The Morgan fingerprint density at radius 1 is 0.906 bits per heavy atom. The molecular formula is C23H35IN8. The molecule has 0 amide bonds. The van der Waals surface area contributed by atoms with E-state index in [1.165, 1.54) is 25.7 Å². The number of hydrogen-bond acceptors (Lipinski definition) is 6. The van der Waals surface area contributed by atoms with Gasteiger partial charge in [-0.05, 0) is 37.5 Å². The third-order valence-electron chi connectivity index (χ3n) is 5.90. The van der Waals surface area contributed by atoms with Crippen molar-refractivity contribution < 1.29 is 0 Å². The van der Waals surface area contributed by atoms with E-state index in [1.807, 2.05) is 12.3 Å². The highest BCUT2D eigenvalue weighted by Crippen LogP contribution is 2.18. The predicted molar refractivity (Wildman–Crippen MR) is 141 cm³/mol. The molecule has 2 aromatic rings. The van der Waals surface area contributed by atoms with E-state index in [4.69, 9.17) is 9.98 Å². The van der Waals surface area contributed by atoms with E-state index < -0.39 is 0 Å². The fraction of sp³-hybridized carbons (Fsp3) is 0.565. The number of guanidine groups is 1. The first-order valence-corrected chi connectivity index (χ1v) is 11.6. The van der Waals surface area contributed by atoms with Crippen molar-refractivity contribution in [2.75, 3.05) is 55.6 Å². The maximum absolute atomic E-state index is 4.89. The smallest absolute Gasteiger partial charge is 0.225 e. The average Bonchev–Trinajstić information content (AvgIpc) is 3.13. The second-order valence-corrected chi connectivity index (χ2v) is 8.12. The molecule has 2 saturated heterocycles. The van der Waals surface area contributed by atoms with E-state index in [-0.39, 0.29) is 24.0 Å². The van der Waals surface area contributed by atoms with Crippen LogP contribution in [0.1, 0.15) is 38.2 Å². The second kappa shape index (κ2) is 12.8. The monoisotopic (exact) mass is 550 g/mol. The molecule has 2 aromatic heterocycles. The van der Waals surface area contributed by atoms with Gasteiger partial charge in [0.25, 0.3) is 0 Å². The molecule has 4 rings (SSSR count). The van der Waals surface area contributed by atoms with Gasteiger partial charge in [0.2, 0.25) is 5.95 Å². The maximum atomic E-state index is 4.89. The van der Waals surface area contributed by atoms with Crippen molar-refractivity contribution in [2.24, 2.45) is 4.99 Å². The first kappa shape index (κ1) is 24.5. The Labute approximate surface area is 208 Å². The van der Waals surface area contributed by atoms with E-state index in [0.717, 1.165) is 69.1 Å². The molecule has 32 heavy (non-hydrogen) atoms. The van der Waals surface area contributed by atoms with Crippen LogP contribution in [0.5, 0.6) is 0 Å². The molecule has 2 fully saturated rings. The first-order chi connectivity index (χ1) is 15.3. The van der Waals surface area contributed by atoms with E-state index in [0.29, 0.717) is 6.54 Å². The summed E-state index contributed by atoms with van der Waals surface area (Å²) < 4.78 is 0. The fourth-order valence-electron chi connectivity index (χ4n) is 4.16. The minimum absolute atomic E-state index is 0. The van der Waals surface area contributed by atoms with Crippen LogP contribution in [0.2, 0.25) is 0 Å². The molecule has 0 atom stereocenters. The molecule has 8 nitrogen and oxygen atoms in total. The molecule has 174 valence electrons. The van der Waals surface area contributed by atoms with Gasteiger partial charge in [0.1, 0.15) is 5.82 Å². The summed E-state index contributed by atoms with van der Waals surface area (Å²) in [6.45, 7) is 9.42. The van der Waals surface area contributed by atoms with Crippen molar-refractivity contribution >= 4 is 41.7 Å². The number of hydrogen-bond donors (Lipinski definition) is 1. The van der Waals surface area contributed by atoms with Crippen molar-refractivity contribution in [3.63, 3.8) is 0 Å². The van der Waals surface area contributed by atoms with Gasteiger partial charge in [-0.3, -0.25) is 0 Å². The van der Waals surface area contributed by atoms with Crippen LogP contribution in [0.15, 0.2) is 41.8 Å². The summed E-state index contributed by atoms with van der Waals surface area (Å²) in [4.78, 5) is 25.3. The Kier molecular flexibility index (Phi) is 9.76. The molecule has 0 radical (unpaired) electrons. The standard InChI is InChI=1S/C23H34N8.HI/c1-2-24-22(30-14-16-31(17-15-30)23-25-10-7-11-26-23)28-19-20-8-9-21(27-18-20)29-12-5-3-4-6-13-29;/h7-11,18H,2-6,12-17,19H2,1H3,(H,24,28);1H. The van der Waals surface area contributed by atoms with Crippen LogP contribution in [0.3, 0.4) is 0 Å². The number of nitrogens with zero attached hydrogens (tertiary/aromatic N) is 7. The Bertz CT molecular complexity index is 814. The summed E-state index contributed by atoms with van der Waals surface area (Å²) >= 11 is 0. The van der Waals surface area contributed by atoms with Gasteiger partial charge >= 0.3 is 0 Å². The van der Waals surface area contributed by atoms with Crippen LogP contribution in [-0.4, -0.2) is 71.6 Å². The SMILES string of the molecule is CCNC(=NCc1ccc(N2CCCCCC2)nc1)N1CCN(c2ncccn2)CC1.I. The second-order valence-electron chi connectivity index (χ2n) is 8.12. The normalized spacial score (nSPS) is 17.5. The molecule has 2 aliphatic heterocycles. The third-order valence-corrected chi connectivity index (χ3v) is 5.90. The Morgan fingerprint density at radius 2 is 1.62 bits per heavy atom. The lowest BCUT2D eigenvalue weighted by Crippen LogP contribution is -2.52. The number of nitrogens with one attached hydrogen (secondary N) is 1. The van der Waals surface area contributed by atoms with Gasteiger partial charge in [0.05, 0.1) is 6.54 Å². The van der Waals surface area contributed by atoms with Gasteiger partial charge < -0.3 is 20.0 Å². The number of pyridine rings is 1. The number of aromatic nitrogens is 3. The molecule has 0 aliphatic carbocycles. The van der Waals surface area contributed by atoms with Gasteiger partial charge in [0.15, 0.2) is 5.96 Å². The van der Waals surface area contributed by atoms with Crippen LogP contribution >= 0.6 is 24.0 Å². The zero-order valence-corrected chi connectivity index (χ0v) is 21.3. The summed E-state index contributed by atoms with van der Waals surface area (Å²) in [5.74, 6) is 2.87. The topological polar surface area (TPSA) is 72.8 Å². The van der Waals surface area contributed by atoms with Crippen molar-refractivity contribution in [1.29, 1.82) is 0 Å². The number of piperazine rings is 1.